The highest BCUT2D eigenvalue weighted by Crippen LogP contribution is 2.30. The van der Waals surface area contributed by atoms with E-state index in [1.165, 1.54) is 59.5 Å². The van der Waals surface area contributed by atoms with Crippen LogP contribution in [-0.2, 0) is 6.18 Å². The quantitative estimate of drug-likeness (QED) is 0.364. The maximum Gasteiger partial charge on any atom is 0.416 e. The molecule has 0 aliphatic heterocycles. The Morgan fingerprint density at radius 1 is 0.941 bits per heavy atom. The molecule has 0 radical (unpaired) electrons. The second-order valence-corrected chi connectivity index (χ2v) is 7.86. The molecular weight excluding hydrogens is 497 g/mol. The number of nitrogens with zero attached hydrogens (tertiary/aromatic N) is 1. The first kappa shape index (κ1) is 25.3. The molecular formula is C23H17Cl2F4N3O2. The first-order valence-corrected chi connectivity index (χ1v) is 10.5. The van der Waals surface area contributed by atoms with Crippen molar-refractivity contribution in [3.8, 4) is 0 Å². The summed E-state index contributed by atoms with van der Waals surface area (Å²) in [5, 5.41) is 5.24. The maximum absolute atomic E-state index is 13.4. The number of rotatable bonds is 6. The molecule has 0 aromatic heterocycles. The molecule has 3 aromatic rings. The predicted octanol–water partition coefficient (Wildman–Crippen LogP) is 6.62. The van der Waals surface area contributed by atoms with Crippen molar-refractivity contribution in [3.05, 3.63) is 93.7 Å². The van der Waals surface area contributed by atoms with Gasteiger partial charge in [-0.2, -0.15) is 13.2 Å². The SMILES string of the molecule is O=C(NCCN(C(=O)c1ccc(Cl)cc1Cl)c1ccc(F)cc1)Nc1cccc(C(F)(F)F)c1. The average molecular weight is 514 g/mol. The number of carbonyl (C=O) groups is 2. The summed E-state index contributed by atoms with van der Waals surface area (Å²) >= 11 is 12.0. The van der Waals surface area contributed by atoms with Gasteiger partial charge in [0.25, 0.3) is 5.91 Å². The zero-order valence-electron chi connectivity index (χ0n) is 17.3. The summed E-state index contributed by atoms with van der Waals surface area (Å²) in [7, 11) is 0. The van der Waals surface area contributed by atoms with Gasteiger partial charge in [-0.25, -0.2) is 9.18 Å². The van der Waals surface area contributed by atoms with Crippen LogP contribution < -0.4 is 15.5 Å². The highest BCUT2D eigenvalue weighted by Gasteiger charge is 2.30. The Balaban J connectivity index is 1.70. The van der Waals surface area contributed by atoms with E-state index >= 15 is 0 Å². The van der Waals surface area contributed by atoms with Crippen LogP contribution in [0, 0.1) is 5.82 Å². The van der Waals surface area contributed by atoms with Gasteiger partial charge in [0.1, 0.15) is 5.82 Å². The lowest BCUT2D eigenvalue weighted by atomic mass is 10.1. The zero-order valence-corrected chi connectivity index (χ0v) is 18.8. The minimum absolute atomic E-state index is 0.0422. The number of benzene rings is 3. The van der Waals surface area contributed by atoms with Crippen molar-refractivity contribution in [2.75, 3.05) is 23.3 Å². The van der Waals surface area contributed by atoms with Crippen molar-refractivity contribution in [2.24, 2.45) is 0 Å². The van der Waals surface area contributed by atoms with E-state index < -0.39 is 29.5 Å². The third kappa shape index (κ3) is 6.61. The summed E-state index contributed by atoms with van der Waals surface area (Å²) < 4.78 is 51.9. The van der Waals surface area contributed by atoms with Gasteiger partial charge in [0, 0.05) is 29.5 Å². The van der Waals surface area contributed by atoms with Crippen LogP contribution in [0.1, 0.15) is 15.9 Å². The lowest BCUT2D eigenvalue weighted by Crippen LogP contribution is -2.40. The summed E-state index contributed by atoms with van der Waals surface area (Å²) in [6, 6.07) is 12.9. The van der Waals surface area contributed by atoms with Crippen LogP contribution in [0.15, 0.2) is 66.7 Å². The molecule has 3 aromatic carbocycles. The van der Waals surface area contributed by atoms with E-state index in [0.29, 0.717) is 10.7 Å². The first-order valence-electron chi connectivity index (χ1n) is 9.79. The molecule has 0 spiro atoms. The van der Waals surface area contributed by atoms with E-state index in [2.05, 4.69) is 10.6 Å². The lowest BCUT2D eigenvalue weighted by molar-refractivity contribution is -0.137. The van der Waals surface area contributed by atoms with Crippen LogP contribution in [0.4, 0.5) is 33.7 Å². The molecule has 0 aliphatic rings. The number of alkyl halides is 3. The van der Waals surface area contributed by atoms with Crippen LogP contribution in [0.2, 0.25) is 10.0 Å². The molecule has 5 nitrogen and oxygen atoms in total. The number of anilines is 2. The van der Waals surface area contributed by atoms with Gasteiger partial charge in [0.15, 0.2) is 0 Å². The standard InChI is InChI=1S/C23H17Cl2F4N3O2/c24-15-4-9-19(20(25)13-15)21(33)32(18-7-5-16(26)6-8-18)11-10-30-22(34)31-17-3-1-2-14(12-17)23(27,28)29/h1-9,12-13H,10-11H2,(H2,30,31,34). The van der Waals surface area contributed by atoms with Gasteiger partial charge in [-0.05, 0) is 60.7 Å². The molecule has 178 valence electrons. The Hall–Kier alpha value is -3.30. The minimum atomic E-state index is -4.55. The van der Waals surface area contributed by atoms with Gasteiger partial charge in [-0.3, -0.25) is 4.79 Å². The molecule has 0 unspecified atom stereocenters. The second-order valence-electron chi connectivity index (χ2n) is 7.02. The molecule has 3 amide bonds. The number of halogens is 6. The summed E-state index contributed by atoms with van der Waals surface area (Å²) in [5.41, 5.74) is -0.466. The fourth-order valence-corrected chi connectivity index (χ4v) is 3.50. The molecule has 0 atom stereocenters. The fourth-order valence-electron chi connectivity index (χ4n) is 3.01. The molecule has 2 N–H and O–H groups in total. The predicted molar refractivity (Wildman–Crippen MR) is 123 cm³/mol. The number of urea groups is 1. The van der Waals surface area contributed by atoms with E-state index in [9.17, 15) is 27.2 Å². The molecule has 3 rings (SSSR count). The molecule has 0 aliphatic carbocycles. The fraction of sp³-hybridized carbons (Fsp3) is 0.130. The van der Waals surface area contributed by atoms with Gasteiger partial charge in [-0.1, -0.05) is 29.3 Å². The summed E-state index contributed by atoms with van der Waals surface area (Å²) in [5.74, 6) is -1.02. The van der Waals surface area contributed by atoms with Crippen molar-refractivity contribution in [3.63, 3.8) is 0 Å². The molecule has 0 heterocycles. The van der Waals surface area contributed by atoms with Gasteiger partial charge in [0.2, 0.25) is 0 Å². The zero-order chi connectivity index (χ0) is 24.9. The summed E-state index contributed by atoms with van der Waals surface area (Å²) in [4.78, 5) is 26.6. The first-order chi connectivity index (χ1) is 16.0. The Morgan fingerprint density at radius 3 is 2.29 bits per heavy atom. The minimum Gasteiger partial charge on any atom is -0.336 e. The lowest BCUT2D eigenvalue weighted by Gasteiger charge is -2.24. The number of carbonyl (C=O) groups excluding carboxylic acids is 2. The van der Waals surface area contributed by atoms with Crippen LogP contribution >= 0.6 is 23.2 Å². The van der Waals surface area contributed by atoms with Crippen molar-refractivity contribution >= 4 is 46.5 Å². The van der Waals surface area contributed by atoms with Gasteiger partial charge >= 0.3 is 12.2 Å². The molecule has 11 heteroatoms. The molecule has 0 bridgehead atoms. The third-order valence-corrected chi connectivity index (χ3v) is 5.16. The van der Waals surface area contributed by atoms with Crippen molar-refractivity contribution < 1.29 is 27.2 Å². The van der Waals surface area contributed by atoms with E-state index in [1.807, 2.05) is 0 Å². The van der Waals surface area contributed by atoms with E-state index in [1.54, 1.807) is 0 Å². The highest BCUT2D eigenvalue weighted by molar-refractivity contribution is 6.37. The Morgan fingerprint density at radius 2 is 1.65 bits per heavy atom. The van der Waals surface area contributed by atoms with Crippen molar-refractivity contribution in [1.82, 2.24) is 5.32 Å². The van der Waals surface area contributed by atoms with Crippen LogP contribution in [0.25, 0.3) is 0 Å². The number of hydrogen-bond acceptors (Lipinski definition) is 2. The largest absolute Gasteiger partial charge is 0.416 e. The summed E-state index contributed by atoms with van der Waals surface area (Å²) in [6.45, 7) is -0.113. The third-order valence-electron chi connectivity index (χ3n) is 4.61. The number of hydrogen-bond donors (Lipinski definition) is 2. The number of nitrogens with one attached hydrogen (secondary N) is 2. The topological polar surface area (TPSA) is 61.4 Å². The Labute approximate surface area is 202 Å². The van der Waals surface area contributed by atoms with Crippen LogP contribution in [-0.4, -0.2) is 25.0 Å². The van der Waals surface area contributed by atoms with Gasteiger partial charge in [0.05, 0.1) is 16.1 Å². The molecule has 0 fully saturated rings. The Kier molecular flexibility index (Phi) is 8.01. The van der Waals surface area contributed by atoms with Crippen molar-refractivity contribution in [1.29, 1.82) is 0 Å². The van der Waals surface area contributed by atoms with E-state index in [-0.39, 0.29) is 29.4 Å². The Bertz CT molecular complexity index is 1190. The average Bonchev–Trinajstić information content (AvgIpc) is 2.77. The van der Waals surface area contributed by atoms with E-state index in [4.69, 9.17) is 23.2 Å². The van der Waals surface area contributed by atoms with Gasteiger partial charge in [-0.15, -0.1) is 0 Å². The van der Waals surface area contributed by atoms with Crippen molar-refractivity contribution in [2.45, 2.75) is 6.18 Å². The molecule has 0 saturated heterocycles. The molecule has 34 heavy (non-hydrogen) atoms. The van der Waals surface area contributed by atoms with Crippen LogP contribution in [0.3, 0.4) is 0 Å². The maximum atomic E-state index is 13.4. The highest BCUT2D eigenvalue weighted by atomic mass is 35.5. The summed E-state index contributed by atoms with van der Waals surface area (Å²) in [6.07, 6.45) is -4.55. The van der Waals surface area contributed by atoms with E-state index in [0.717, 1.165) is 12.1 Å². The number of amides is 3. The smallest absolute Gasteiger partial charge is 0.336 e. The van der Waals surface area contributed by atoms with Crippen LogP contribution in [0.5, 0.6) is 0 Å². The normalized spacial score (nSPS) is 11.1. The monoisotopic (exact) mass is 513 g/mol. The van der Waals surface area contributed by atoms with Gasteiger partial charge < -0.3 is 15.5 Å². The molecule has 0 saturated carbocycles. The second kappa shape index (κ2) is 10.8.